The fourth-order valence-corrected chi connectivity index (χ4v) is 4.29. The number of aromatic nitrogens is 3. The van der Waals surface area contributed by atoms with Crippen molar-refractivity contribution in [1.29, 1.82) is 0 Å². The maximum atomic E-state index is 12.8. The maximum absolute atomic E-state index is 12.8. The van der Waals surface area contributed by atoms with Gasteiger partial charge in [0.25, 0.3) is 5.56 Å². The second kappa shape index (κ2) is 6.58. The summed E-state index contributed by atoms with van der Waals surface area (Å²) in [5.41, 5.74) is 2.45. The van der Waals surface area contributed by atoms with Crippen LogP contribution in [0, 0.1) is 0 Å². The predicted molar refractivity (Wildman–Crippen MR) is 112 cm³/mol. The average Bonchev–Trinajstić information content (AvgIpc) is 3.22. The zero-order valence-corrected chi connectivity index (χ0v) is 16.4. The van der Waals surface area contributed by atoms with Gasteiger partial charge in [0, 0.05) is 11.1 Å². The quantitative estimate of drug-likeness (QED) is 0.506. The van der Waals surface area contributed by atoms with E-state index in [1.165, 1.54) is 15.9 Å². The highest BCUT2D eigenvalue weighted by molar-refractivity contribution is 7.15. The van der Waals surface area contributed by atoms with Crippen molar-refractivity contribution >= 4 is 40.1 Å². The van der Waals surface area contributed by atoms with Crippen molar-refractivity contribution in [2.24, 2.45) is 0 Å². The number of rotatable bonds is 2. The summed E-state index contributed by atoms with van der Waals surface area (Å²) in [7, 11) is 0. The van der Waals surface area contributed by atoms with Gasteiger partial charge in [-0.3, -0.25) is 4.79 Å². The van der Waals surface area contributed by atoms with E-state index < -0.39 is 0 Å². The van der Waals surface area contributed by atoms with Gasteiger partial charge in [-0.15, -0.1) is 5.10 Å². The molecule has 0 fully saturated rings. The van der Waals surface area contributed by atoms with Crippen LogP contribution in [0.25, 0.3) is 28.5 Å². The number of hydrogen-bond acceptors (Lipinski definition) is 5. The highest BCUT2D eigenvalue weighted by atomic mass is 35.5. The van der Waals surface area contributed by atoms with Crippen LogP contribution in [0.15, 0.2) is 58.9 Å². The first-order chi connectivity index (χ1) is 13.6. The van der Waals surface area contributed by atoms with E-state index in [9.17, 15) is 4.79 Å². The molecule has 138 valence electrons. The molecule has 0 aliphatic carbocycles. The van der Waals surface area contributed by atoms with Crippen LogP contribution in [-0.2, 0) is 0 Å². The standard InChI is InChI=1S/C21H14ClN3O2S/c1-12-14(10-13-6-2-5-9-17(13)27-12)11-18-20(26)25-21(28-18)23-19(24-25)15-7-3-4-8-16(15)22/h2-12H,1H3. The minimum atomic E-state index is -0.197. The summed E-state index contributed by atoms with van der Waals surface area (Å²) in [4.78, 5) is 17.8. The Hall–Kier alpha value is -2.96. The Morgan fingerprint density at radius 2 is 1.96 bits per heavy atom. The summed E-state index contributed by atoms with van der Waals surface area (Å²) in [6.07, 6.45) is 3.77. The molecule has 0 saturated heterocycles. The lowest BCUT2D eigenvalue weighted by Crippen LogP contribution is -2.26. The SMILES string of the molecule is CC1Oc2ccccc2C=C1C=c1sc2nc(-c3ccccc3Cl)nn2c1=O. The first kappa shape index (κ1) is 17.2. The van der Waals surface area contributed by atoms with E-state index in [1.54, 1.807) is 6.07 Å². The molecule has 4 aromatic rings. The third-order valence-corrected chi connectivity index (χ3v) is 5.90. The second-order valence-corrected chi connectivity index (χ2v) is 7.88. The normalized spacial score (nSPS) is 16.7. The first-order valence-corrected chi connectivity index (χ1v) is 9.93. The molecule has 2 aromatic heterocycles. The molecule has 0 amide bonds. The largest absolute Gasteiger partial charge is 0.485 e. The van der Waals surface area contributed by atoms with Gasteiger partial charge < -0.3 is 4.74 Å². The number of ether oxygens (including phenoxy) is 1. The van der Waals surface area contributed by atoms with Gasteiger partial charge in [0.2, 0.25) is 4.96 Å². The number of para-hydroxylation sites is 1. The summed E-state index contributed by atoms with van der Waals surface area (Å²) in [6, 6.07) is 15.2. The Bertz CT molecular complexity index is 1360. The van der Waals surface area contributed by atoms with E-state index >= 15 is 0 Å². The van der Waals surface area contributed by atoms with Gasteiger partial charge in [0.15, 0.2) is 5.82 Å². The van der Waals surface area contributed by atoms with Gasteiger partial charge in [0.05, 0.1) is 9.55 Å². The molecule has 28 heavy (non-hydrogen) atoms. The van der Waals surface area contributed by atoms with Gasteiger partial charge in [-0.25, -0.2) is 0 Å². The molecule has 3 heterocycles. The topological polar surface area (TPSA) is 56.5 Å². The van der Waals surface area contributed by atoms with E-state index in [2.05, 4.69) is 10.1 Å². The average molecular weight is 408 g/mol. The third-order valence-electron chi connectivity index (χ3n) is 4.61. The highest BCUT2D eigenvalue weighted by Crippen LogP contribution is 2.30. The number of benzene rings is 2. The number of halogens is 1. The molecule has 0 radical (unpaired) electrons. The molecule has 1 atom stereocenters. The van der Waals surface area contributed by atoms with Crippen molar-refractivity contribution < 1.29 is 4.74 Å². The number of fused-ring (bicyclic) bond motifs is 2. The molecular weight excluding hydrogens is 394 g/mol. The highest BCUT2D eigenvalue weighted by Gasteiger charge is 2.18. The van der Waals surface area contributed by atoms with Gasteiger partial charge in [-0.2, -0.15) is 9.50 Å². The van der Waals surface area contributed by atoms with E-state index in [0.717, 1.165) is 16.9 Å². The van der Waals surface area contributed by atoms with Crippen LogP contribution in [0.2, 0.25) is 5.02 Å². The van der Waals surface area contributed by atoms with Crippen LogP contribution >= 0.6 is 22.9 Å². The van der Waals surface area contributed by atoms with E-state index in [-0.39, 0.29) is 11.7 Å². The van der Waals surface area contributed by atoms with E-state index in [4.69, 9.17) is 16.3 Å². The Morgan fingerprint density at radius 1 is 1.18 bits per heavy atom. The smallest absolute Gasteiger partial charge is 0.291 e. The molecule has 1 aliphatic rings. The maximum Gasteiger partial charge on any atom is 0.291 e. The lowest BCUT2D eigenvalue weighted by molar-refractivity contribution is 0.259. The Balaban J connectivity index is 1.60. The summed E-state index contributed by atoms with van der Waals surface area (Å²) in [6.45, 7) is 1.97. The Labute approximate surface area is 169 Å². The number of hydrogen-bond donors (Lipinski definition) is 0. The van der Waals surface area contributed by atoms with E-state index in [0.29, 0.717) is 25.9 Å². The summed E-state index contributed by atoms with van der Waals surface area (Å²) in [5, 5.41) is 4.91. The second-order valence-electron chi connectivity index (χ2n) is 6.47. The van der Waals surface area contributed by atoms with Crippen LogP contribution in [0.3, 0.4) is 0 Å². The zero-order chi connectivity index (χ0) is 19.3. The molecule has 0 saturated carbocycles. The van der Waals surface area contributed by atoms with Crippen LogP contribution in [-0.4, -0.2) is 20.7 Å². The monoisotopic (exact) mass is 407 g/mol. The minimum absolute atomic E-state index is 0.143. The molecule has 0 bridgehead atoms. The summed E-state index contributed by atoms with van der Waals surface area (Å²) >= 11 is 7.52. The molecule has 5 nitrogen and oxygen atoms in total. The molecule has 5 rings (SSSR count). The molecule has 7 heteroatoms. The van der Waals surface area contributed by atoms with Gasteiger partial charge in [0.1, 0.15) is 11.9 Å². The first-order valence-electron chi connectivity index (χ1n) is 8.73. The van der Waals surface area contributed by atoms with E-state index in [1.807, 2.05) is 61.5 Å². The van der Waals surface area contributed by atoms with Crippen molar-refractivity contribution in [3.8, 4) is 17.1 Å². The number of nitrogens with zero attached hydrogens (tertiary/aromatic N) is 3. The lowest BCUT2D eigenvalue weighted by atomic mass is 10.0. The van der Waals surface area contributed by atoms with Crippen molar-refractivity contribution in [2.75, 3.05) is 0 Å². The van der Waals surface area contributed by atoms with Crippen molar-refractivity contribution in [2.45, 2.75) is 13.0 Å². The minimum Gasteiger partial charge on any atom is -0.485 e. The van der Waals surface area contributed by atoms with Crippen molar-refractivity contribution in [3.05, 3.63) is 79.6 Å². The van der Waals surface area contributed by atoms with Gasteiger partial charge >= 0.3 is 0 Å². The van der Waals surface area contributed by atoms with Crippen LogP contribution in [0.5, 0.6) is 5.75 Å². The molecule has 1 aliphatic heterocycles. The molecular formula is C21H14ClN3O2S. The van der Waals surface area contributed by atoms with Crippen molar-refractivity contribution in [3.63, 3.8) is 0 Å². The molecule has 1 unspecified atom stereocenters. The number of thiazole rings is 1. The molecule has 0 N–H and O–H groups in total. The molecule has 0 spiro atoms. The summed E-state index contributed by atoms with van der Waals surface area (Å²) in [5.74, 6) is 1.30. The van der Waals surface area contributed by atoms with Crippen LogP contribution < -0.4 is 14.8 Å². The van der Waals surface area contributed by atoms with Crippen LogP contribution in [0.4, 0.5) is 0 Å². The Kier molecular flexibility index (Phi) is 4.03. The van der Waals surface area contributed by atoms with Gasteiger partial charge in [-0.1, -0.05) is 53.3 Å². The lowest BCUT2D eigenvalue weighted by Gasteiger charge is -2.22. The Morgan fingerprint density at radius 3 is 2.79 bits per heavy atom. The predicted octanol–water partition coefficient (Wildman–Crippen LogP) is 3.84. The third kappa shape index (κ3) is 2.82. The van der Waals surface area contributed by atoms with Gasteiger partial charge in [-0.05, 0) is 42.8 Å². The summed E-state index contributed by atoms with van der Waals surface area (Å²) < 4.78 is 7.85. The van der Waals surface area contributed by atoms with Crippen LogP contribution in [0.1, 0.15) is 12.5 Å². The fraction of sp³-hybridized carbons (Fsp3) is 0.0952. The fourth-order valence-electron chi connectivity index (χ4n) is 3.16. The zero-order valence-electron chi connectivity index (χ0n) is 14.8. The molecule has 2 aromatic carbocycles. The van der Waals surface area contributed by atoms with Crippen molar-refractivity contribution in [1.82, 2.24) is 14.6 Å².